The number of hydrogen-bond acceptors (Lipinski definition) is 9. The summed E-state index contributed by atoms with van der Waals surface area (Å²) in [5.74, 6) is 0.0493. The number of aromatic amines is 1. The molecule has 3 aliphatic heterocycles. The lowest BCUT2D eigenvalue weighted by atomic mass is 10.0. The predicted octanol–water partition coefficient (Wildman–Crippen LogP) is 1.55. The number of nitrogens with zero attached hydrogens (tertiary/aromatic N) is 8. The highest BCUT2D eigenvalue weighted by Crippen LogP contribution is 2.36. The molecule has 1 N–H and O–H groups in total. The third-order valence-corrected chi connectivity index (χ3v) is 7.49. The average molecular weight is 550 g/mol. The lowest BCUT2D eigenvalue weighted by molar-refractivity contribution is -0.141. The monoisotopic (exact) mass is 549 g/mol. The van der Waals surface area contributed by atoms with E-state index in [0.29, 0.717) is 56.8 Å². The van der Waals surface area contributed by atoms with Crippen LogP contribution >= 0.6 is 0 Å². The number of amides is 1. The lowest BCUT2D eigenvalue weighted by Crippen LogP contribution is -2.50. The number of anilines is 1. The van der Waals surface area contributed by atoms with Crippen LogP contribution in [0.4, 0.5) is 19.0 Å². The van der Waals surface area contributed by atoms with E-state index in [2.05, 4.69) is 29.9 Å². The van der Waals surface area contributed by atoms with Crippen molar-refractivity contribution in [2.45, 2.75) is 25.1 Å². The molecule has 3 aliphatic rings. The van der Waals surface area contributed by atoms with Crippen LogP contribution in [0.1, 0.15) is 29.2 Å². The van der Waals surface area contributed by atoms with Gasteiger partial charge in [-0.3, -0.25) is 14.4 Å². The summed E-state index contributed by atoms with van der Waals surface area (Å²) in [6.07, 6.45) is -1.73. The van der Waals surface area contributed by atoms with Crippen LogP contribution in [0, 0.1) is 0 Å². The predicted molar refractivity (Wildman–Crippen MR) is 133 cm³/mol. The Balaban J connectivity index is 1.32. The molecule has 0 unspecified atom stereocenters. The normalized spacial score (nSPS) is 20.2. The molecule has 6 rings (SSSR count). The summed E-state index contributed by atoms with van der Waals surface area (Å²) in [5, 5.41) is 3.60. The summed E-state index contributed by atoms with van der Waals surface area (Å²) in [6, 6.07) is 0.414. The Hall–Kier alpha value is -3.30. The summed E-state index contributed by atoms with van der Waals surface area (Å²) in [7, 11) is 1.41. The fraction of sp³-hybridized carbons (Fsp3) is 0.625. The zero-order valence-electron chi connectivity index (χ0n) is 21.6. The van der Waals surface area contributed by atoms with E-state index in [-0.39, 0.29) is 28.8 Å². The molecule has 0 bridgehead atoms. The van der Waals surface area contributed by atoms with Crippen molar-refractivity contribution in [1.29, 1.82) is 0 Å². The van der Waals surface area contributed by atoms with Gasteiger partial charge in [-0.2, -0.15) is 18.3 Å². The molecule has 0 spiro atoms. The third-order valence-electron chi connectivity index (χ3n) is 7.49. The smallest absolute Gasteiger partial charge is 0.379 e. The topological polar surface area (TPSA) is 118 Å². The van der Waals surface area contributed by atoms with Crippen molar-refractivity contribution in [2.75, 3.05) is 70.6 Å². The van der Waals surface area contributed by atoms with Crippen molar-refractivity contribution in [2.24, 2.45) is 7.05 Å². The molecule has 3 fully saturated rings. The molecule has 3 saturated heterocycles. The molecular formula is C24H30F3N9O3. The third kappa shape index (κ3) is 5.17. The van der Waals surface area contributed by atoms with Crippen LogP contribution in [0.15, 0.2) is 6.20 Å². The Bertz CT molecular complexity index is 1340. The molecule has 0 aromatic carbocycles. The van der Waals surface area contributed by atoms with Gasteiger partial charge in [-0.15, -0.1) is 0 Å². The molecule has 0 radical (unpaired) electrons. The number of imidazole rings is 1. The maximum atomic E-state index is 13.7. The number of ether oxygens (including phenoxy) is 2. The number of nitrogens with one attached hydrogen (secondary N) is 1. The minimum absolute atomic E-state index is 0.0954. The van der Waals surface area contributed by atoms with Crippen molar-refractivity contribution in [3.63, 3.8) is 0 Å². The summed E-state index contributed by atoms with van der Waals surface area (Å²) in [5.41, 5.74) is -0.778. The Morgan fingerprint density at radius 2 is 1.64 bits per heavy atom. The van der Waals surface area contributed by atoms with Crippen LogP contribution in [-0.2, 0) is 22.7 Å². The number of alkyl halides is 3. The van der Waals surface area contributed by atoms with Crippen molar-refractivity contribution in [1.82, 2.24) is 39.5 Å². The molecule has 1 amide bonds. The van der Waals surface area contributed by atoms with E-state index in [4.69, 9.17) is 9.47 Å². The Labute approximate surface area is 222 Å². The van der Waals surface area contributed by atoms with Crippen LogP contribution in [-0.4, -0.2) is 117 Å². The van der Waals surface area contributed by atoms with Crippen molar-refractivity contribution in [3.05, 3.63) is 17.7 Å². The molecular weight excluding hydrogens is 519 g/mol. The second-order valence-corrected chi connectivity index (χ2v) is 9.99. The van der Waals surface area contributed by atoms with E-state index in [0.717, 1.165) is 43.8 Å². The molecule has 39 heavy (non-hydrogen) atoms. The minimum Gasteiger partial charge on any atom is -0.379 e. The Morgan fingerprint density at radius 3 is 2.31 bits per heavy atom. The number of rotatable bonds is 4. The van der Waals surface area contributed by atoms with Gasteiger partial charge in [0.2, 0.25) is 0 Å². The fourth-order valence-corrected chi connectivity index (χ4v) is 5.49. The molecule has 3 aromatic rings. The molecule has 210 valence electrons. The van der Waals surface area contributed by atoms with Gasteiger partial charge in [0.15, 0.2) is 34.3 Å². The Kier molecular flexibility index (Phi) is 6.89. The number of H-pyrrole nitrogens is 1. The van der Waals surface area contributed by atoms with Crippen LogP contribution in [0.3, 0.4) is 0 Å². The molecule has 12 nitrogen and oxygen atoms in total. The molecule has 6 heterocycles. The standard InChI is InChI=1S/C24H30F3N9O3/c1-33-14-16(18(32-33)24(25,26)27)19-29-20-17(22(31-19)35-8-12-39-13-9-35)28-21(30-20)23(37)36-4-2-15(3-5-36)34-6-10-38-11-7-34/h14-15H,2-13H2,1H3,(H,28,29,30,31). The summed E-state index contributed by atoms with van der Waals surface area (Å²) in [6.45, 7) is 6.30. The number of aryl methyl sites for hydroxylation is 1. The van der Waals surface area contributed by atoms with Crippen LogP contribution < -0.4 is 4.90 Å². The zero-order chi connectivity index (χ0) is 27.1. The number of halogens is 3. The van der Waals surface area contributed by atoms with Gasteiger partial charge in [0.1, 0.15) is 0 Å². The van der Waals surface area contributed by atoms with E-state index in [1.54, 1.807) is 4.90 Å². The van der Waals surface area contributed by atoms with Gasteiger partial charge in [-0.25, -0.2) is 15.0 Å². The maximum Gasteiger partial charge on any atom is 0.435 e. The van der Waals surface area contributed by atoms with E-state index in [1.165, 1.54) is 13.2 Å². The van der Waals surface area contributed by atoms with Gasteiger partial charge in [0.05, 0.1) is 32.0 Å². The van der Waals surface area contributed by atoms with Gasteiger partial charge < -0.3 is 24.3 Å². The van der Waals surface area contributed by atoms with Gasteiger partial charge >= 0.3 is 6.18 Å². The number of carbonyl (C=O) groups excluding carboxylic acids is 1. The van der Waals surface area contributed by atoms with Crippen molar-refractivity contribution in [3.8, 4) is 11.4 Å². The maximum absolute atomic E-state index is 13.7. The first-order valence-electron chi connectivity index (χ1n) is 13.1. The first kappa shape index (κ1) is 26.0. The van der Waals surface area contributed by atoms with Crippen LogP contribution in [0.5, 0.6) is 0 Å². The number of morpholine rings is 2. The minimum atomic E-state index is -4.68. The van der Waals surface area contributed by atoms with E-state index < -0.39 is 11.9 Å². The molecule has 0 saturated carbocycles. The van der Waals surface area contributed by atoms with E-state index in [1.807, 2.05) is 4.90 Å². The van der Waals surface area contributed by atoms with Crippen LogP contribution in [0.2, 0.25) is 0 Å². The summed E-state index contributed by atoms with van der Waals surface area (Å²) < 4.78 is 53.2. The second kappa shape index (κ2) is 10.4. The van der Waals surface area contributed by atoms with E-state index >= 15 is 0 Å². The number of fused-ring (bicyclic) bond motifs is 1. The molecule has 0 atom stereocenters. The summed E-state index contributed by atoms with van der Waals surface area (Å²) >= 11 is 0. The fourth-order valence-electron chi connectivity index (χ4n) is 5.49. The van der Waals surface area contributed by atoms with Crippen molar-refractivity contribution < 1.29 is 27.4 Å². The van der Waals surface area contributed by atoms with E-state index in [9.17, 15) is 18.0 Å². The first-order chi connectivity index (χ1) is 18.8. The SMILES string of the molecule is Cn1cc(-c2nc(N3CCOCC3)c3nc(C(=O)N4CCC(N5CCOCC5)CC4)[nH]c3n2)c(C(F)(F)F)n1. The lowest BCUT2D eigenvalue weighted by Gasteiger charge is -2.39. The Morgan fingerprint density at radius 1 is 0.974 bits per heavy atom. The zero-order valence-corrected chi connectivity index (χ0v) is 21.6. The molecule has 3 aromatic heterocycles. The average Bonchev–Trinajstić information content (AvgIpc) is 3.57. The molecule has 15 heteroatoms. The van der Waals surface area contributed by atoms with Crippen molar-refractivity contribution >= 4 is 22.9 Å². The highest BCUT2D eigenvalue weighted by molar-refractivity contribution is 5.96. The highest BCUT2D eigenvalue weighted by Gasteiger charge is 2.39. The first-order valence-corrected chi connectivity index (χ1v) is 13.1. The van der Waals surface area contributed by atoms with Crippen LogP contribution in [0.25, 0.3) is 22.6 Å². The number of carbonyl (C=O) groups is 1. The number of likely N-dealkylation sites (tertiary alicyclic amines) is 1. The number of piperidine rings is 1. The largest absolute Gasteiger partial charge is 0.435 e. The van der Waals surface area contributed by atoms with Gasteiger partial charge in [0.25, 0.3) is 5.91 Å². The highest BCUT2D eigenvalue weighted by atomic mass is 19.4. The number of hydrogen-bond donors (Lipinski definition) is 1. The summed E-state index contributed by atoms with van der Waals surface area (Å²) in [4.78, 5) is 35.9. The van der Waals surface area contributed by atoms with Gasteiger partial charge in [-0.1, -0.05) is 0 Å². The second-order valence-electron chi connectivity index (χ2n) is 9.99. The quantitative estimate of drug-likeness (QED) is 0.517. The molecule has 0 aliphatic carbocycles. The van der Waals surface area contributed by atoms with Gasteiger partial charge in [0, 0.05) is 58.6 Å². The number of aromatic nitrogens is 6. The van der Waals surface area contributed by atoms with Gasteiger partial charge in [-0.05, 0) is 12.8 Å².